The van der Waals surface area contributed by atoms with Crippen molar-refractivity contribution in [1.29, 1.82) is 0 Å². The zero-order valence-electron chi connectivity index (χ0n) is 18.6. The second kappa shape index (κ2) is 9.95. The zero-order valence-corrected chi connectivity index (χ0v) is 19.4. The Balaban J connectivity index is 1.80. The summed E-state index contributed by atoms with van der Waals surface area (Å²) in [4.78, 5) is 13.4. The second-order valence-electron chi connectivity index (χ2n) is 7.93. The van der Waals surface area contributed by atoms with Crippen molar-refractivity contribution in [1.82, 2.24) is 28.5 Å². The number of alkyl halides is 3. The summed E-state index contributed by atoms with van der Waals surface area (Å²) in [7, 11) is -4.27. The SMILES string of the molecule is CC[C@H](Nc1nc(N[C@H]2CCN(S(=O)(=O)NCC(F)(F)F)C2)c2ncn(CC)c2n1)[C@@H](C)O. The number of hydrogen-bond donors (Lipinski definition) is 4. The van der Waals surface area contributed by atoms with Gasteiger partial charge in [-0.2, -0.15) is 40.6 Å². The predicted molar refractivity (Wildman–Crippen MR) is 117 cm³/mol. The van der Waals surface area contributed by atoms with Crippen LogP contribution in [-0.2, 0) is 16.8 Å². The third-order valence-corrected chi connectivity index (χ3v) is 6.95. The van der Waals surface area contributed by atoms with E-state index < -0.39 is 29.0 Å². The molecule has 2 aromatic rings. The molecule has 1 fully saturated rings. The molecule has 0 unspecified atom stereocenters. The Hall–Kier alpha value is -2.23. The van der Waals surface area contributed by atoms with E-state index in [0.717, 1.165) is 4.31 Å². The first-order chi connectivity index (χ1) is 15.4. The van der Waals surface area contributed by atoms with Gasteiger partial charge in [-0.05, 0) is 26.7 Å². The van der Waals surface area contributed by atoms with E-state index >= 15 is 0 Å². The molecule has 3 heterocycles. The standard InChI is InChI=1S/C18H29F3N8O3S/c1-4-13(11(3)30)25-17-26-15(14-16(27-17)28(5-2)10-22-14)24-12-6-7-29(8-12)33(31,32)23-9-18(19,20)21/h10-13,23,30H,4-9H2,1-3H3,(H2,24,25,26,27)/t11-,12+,13+/m1/s1. The minimum absolute atomic E-state index is 0.0266. The average Bonchev–Trinajstić information content (AvgIpc) is 3.37. The van der Waals surface area contributed by atoms with E-state index in [-0.39, 0.29) is 31.1 Å². The Bertz CT molecular complexity index is 1060. The number of nitrogens with zero attached hydrogens (tertiary/aromatic N) is 5. The lowest BCUT2D eigenvalue weighted by Crippen LogP contribution is -2.44. The normalized spacial score (nSPS) is 19.7. The summed E-state index contributed by atoms with van der Waals surface area (Å²) < 4.78 is 66.1. The van der Waals surface area contributed by atoms with Crippen molar-refractivity contribution in [3.05, 3.63) is 6.33 Å². The lowest BCUT2D eigenvalue weighted by Gasteiger charge is -2.21. The molecule has 0 bridgehead atoms. The van der Waals surface area contributed by atoms with Crippen molar-refractivity contribution in [3.63, 3.8) is 0 Å². The van der Waals surface area contributed by atoms with Gasteiger partial charge in [0.05, 0.1) is 18.5 Å². The second-order valence-corrected chi connectivity index (χ2v) is 9.68. The lowest BCUT2D eigenvalue weighted by atomic mass is 10.1. The number of aliphatic hydroxyl groups is 1. The van der Waals surface area contributed by atoms with Crippen LogP contribution in [-0.4, -0.2) is 81.3 Å². The summed E-state index contributed by atoms with van der Waals surface area (Å²) in [6.45, 7) is 4.53. The van der Waals surface area contributed by atoms with E-state index in [2.05, 4.69) is 25.6 Å². The van der Waals surface area contributed by atoms with Gasteiger partial charge in [0.25, 0.3) is 10.2 Å². The Morgan fingerprint density at radius 3 is 2.64 bits per heavy atom. The topological polar surface area (TPSA) is 137 Å². The van der Waals surface area contributed by atoms with E-state index in [0.29, 0.717) is 36.4 Å². The van der Waals surface area contributed by atoms with Crippen LogP contribution >= 0.6 is 0 Å². The summed E-state index contributed by atoms with van der Waals surface area (Å²) in [5.41, 5.74) is 1.05. The first-order valence-corrected chi connectivity index (χ1v) is 12.1. The van der Waals surface area contributed by atoms with Crippen molar-refractivity contribution >= 4 is 33.1 Å². The highest BCUT2D eigenvalue weighted by atomic mass is 32.2. The molecule has 3 atom stereocenters. The number of anilines is 2. The van der Waals surface area contributed by atoms with Crippen molar-refractivity contribution in [2.45, 2.75) is 64.5 Å². The summed E-state index contributed by atoms with van der Waals surface area (Å²) in [6, 6.07) is -0.663. The molecule has 15 heteroatoms. The fourth-order valence-electron chi connectivity index (χ4n) is 3.59. The molecule has 1 aliphatic rings. The molecular weight excluding hydrogens is 465 g/mol. The molecule has 0 saturated carbocycles. The minimum Gasteiger partial charge on any atom is -0.391 e. The van der Waals surface area contributed by atoms with Gasteiger partial charge in [0.15, 0.2) is 17.0 Å². The fourth-order valence-corrected chi connectivity index (χ4v) is 4.84. The molecule has 11 nitrogen and oxygen atoms in total. The summed E-state index contributed by atoms with van der Waals surface area (Å²) >= 11 is 0. The van der Waals surface area contributed by atoms with Crippen LogP contribution in [0.3, 0.4) is 0 Å². The molecule has 0 aliphatic carbocycles. The average molecular weight is 495 g/mol. The number of rotatable bonds is 10. The molecule has 0 spiro atoms. The molecule has 186 valence electrons. The molecule has 4 N–H and O–H groups in total. The lowest BCUT2D eigenvalue weighted by molar-refractivity contribution is -0.121. The first-order valence-electron chi connectivity index (χ1n) is 10.7. The van der Waals surface area contributed by atoms with E-state index in [1.807, 2.05) is 18.4 Å². The van der Waals surface area contributed by atoms with Crippen molar-refractivity contribution in [2.24, 2.45) is 0 Å². The first kappa shape index (κ1) is 25.4. The maximum atomic E-state index is 12.4. The minimum atomic E-state index is -4.64. The quantitative estimate of drug-likeness (QED) is 0.388. The third-order valence-electron chi connectivity index (χ3n) is 5.43. The largest absolute Gasteiger partial charge is 0.402 e. The third kappa shape index (κ3) is 6.22. The van der Waals surface area contributed by atoms with Crippen LogP contribution in [0.5, 0.6) is 0 Å². The number of nitrogens with one attached hydrogen (secondary N) is 3. The van der Waals surface area contributed by atoms with E-state index in [4.69, 9.17) is 0 Å². The smallest absolute Gasteiger partial charge is 0.391 e. The number of fused-ring (bicyclic) bond motifs is 1. The molecule has 1 saturated heterocycles. The molecule has 3 rings (SSSR count). The molecular formula is C18H29F3N8O3S. The van der Waals surface area contributed by atoms with Gasteiger partial charge < -0.3 is 20.3 Å². The zero-order chi connectivity index (χ0) is 24.4. The molecule has 33 heavy (non-hydrogen) atoms. The van der Waals surface area contributed by atoms with E-state index in [9.17, 15) is 26.7 Å². The van der Waals surface area contributed by atoms with E-state index in [1.165, 1.54) is 0 Å². The van der Waals surface area contributed by atoms with Gasteiger partial charge in [-0.25, -0.2) is 4.98 Å². The number of aryl methyl sites for hydroxylation is 1. The van der Waals surface area contributed by atoms with Crippen LogP contribution in [0.2, 0.25) is 0 Å². The monoisotopic (exact) mass is 494 g/mol. The molecule has 0 amide bonds. The van der Waals surface area contributed by atoms with Gasteiger partial charge >= 0.3 is 6.18 Å². The number of aromatic nitrogens is 4. The van der Waals surface area contributed by atoms with Crippen molar-refractivity contribution in [3.8, 4) is 0 Å². The van der Waals surface area contributed by atoms with Crippen LogP contribution in [0.15, 0.2) is 6.33 Å². The molecule has 0 radical (unpaired) electrons. The van der Waals surface area contributed by atoms with Crippen LogP contribution in [0.25, 0.3) is 11.2 Å². The van der Waals surface area contributed by atoms with E-state index in [1.54, 1.807) is 18.0 Å². The van der Waals surface area contributed by atoms with Crippen LogP contribution in [0, 0.1) is 0 Å². The van der Waals surface area contributed by atoms with Crippen LogP contribution in [0.4, 0.5) is 24.9 Å². The fraction of sp³-hybridized carbons (Fsp3) is 0.722. The highest BCUT2D eigenvalue weighted by molar-refractivity contribution is 7.87. The van der Waals surface area contributed by atoms with Crippen molar-refractivity contribution in [2.75, 3.05) is 30.3 Å². The van der Waals surface area contributed by atoms with Crippen molar-refractivity contribution < 1.29 is 26.7 Å². The number of imidazole rings is 1. The van der Waals surface area contributed by atoms with Gasteiger partial charge in [0.1, 0.15) is 6.54 Å². The summed E-state index contributed by atoms with van der Waals surface area (Å²) in [5, 5.41) is 16.2. The van der Waals surface area contributed by atoms with Gasteiger partial charge in [-0.15, -0.1) is 0 Å². The highest BCUT2D eigenvalue weighted by Crippen LogP contribution is 2.25. The van der Waals surface area contributed by atoms with Gasteiger partial charge in [-0.1, -0.05) is 6.92 Å². The number of halogens is 3. The maximum absolute atomic E-state index is 12.4. The molecule has 1 aliphatic heterocycles. The van der Waals surface area contributed by atoms with Gasteiger partial charge in [-0.3, -0.25) is 0 Å². The van der Waals surface area contributed by atoms with Crippen LogP contribution in [0.1, 0.15) is 33.6 Å². The Morgan fingerprint density at radius 2 is 2.03 bits per heavy atom. The van der Waals surface area contributed by atoms with Crippen LogP contribution < -0.4 is 15.4 Å². The summed E-state index contributed by atoms with van der Waals surface area (Å²) in [5.74, 6) is 0.657. The Kier molecular flexibility index (Phi) is 7.65. The Morgan fingerprint density at radius 1 is 1.30 bits per heavy atom. The molecule has 0 aromatic carbocycles. The Labute approximate surface area is 190 Å². The van der Waals surface area contributed by atoms with Gasteiger partial charge in [0, 0.05) is 25.7 Å². The highest BCUT2D eigenvalue weighted by Gasteiger charge is 2.35. The van der Waals surface area contributed by atoms with Gasteiger partial charge in [0.2, 0.25) is 5.95 Å². The predicted octanol–water partition coefficient (Wildman–Crippen LogP) is 1.30. The summed E-state index contributed by atoms with van der Waals surface area (Å²) in [6.07, 6.45) is -2.65. The molecule has 2 aromatic heterocycles. The number of hydrogen-bond acceptors (Lipinski definition) is 8. The maximum Gasteiger partial charge on any atom is 0.402 e. The number of aliphatic hydroxyl groups excluding tert-OH is 1.